The van der Waals surface area contributed by atoms with Gasteiger partial charge in [-0.1, -0.05) is 11.6 Å². The van der Waals surface area contributed by atoms with Crippen LogP contribution in [0, 0.1) is 0 Å². The molecule has 0 heterocycles. The number of methoxy groups -OCH3 is 1. The first-order valence-electron chi connectivity index (χ1n) is 5.22. The maximum Gasteiger partial charge on any atom is 0.132 e. The minimum absolute atomic E-state index is 0.398. The topological polar surface area (TPSA) is 30.8 Å². The zero-order valence-electron chi connectivity index (χ0n) is 10.2. The standard InChI is InChI=1S/C13H16ClNO2/c1-10(15-2)8-13(9-16-3)17-12-6-4-11(14)5-7-12/h4-8H,9H2,1-3H3/b13-8-,15-10-. The van der Waals surface area contributed by atoms with Crippen molar-refractivity contribution in [3.63, 3.8) is 0 Å². The van der Waals surface area contributed by atoms with E-state index in [9.17, 15) is 0 Å². The number of halogens is 1. The van der Waals surface area contributed by atoms with Gasteiger partial charge in [0, 0.05) is 24.9 Å². The molecule has 1 aromatic carbocycles. The number of nitrogens with zero attached hydrogens (tertiary/aromatic N) is 1. The summed E-state index contributed by atoms with van der Waals surface area (Å²) in [4.78, 5) is 4.05. The molecule has 0 N–H and O–H groups in total. The lowest BCUT2D eigenvalue weighted by Gasteiger charge is -2.09. The molecule has 0 unspecified atom stereocenters. The molecule has 0 saturated carbocycles. The maximum atomic E-state index is 5.80. The van der Waals surface area contributed by atoms with Gasteiger partial charge >= 0.3 is 0 Å². The van der Waals surface area contributed by atoms with E-state index in [2.05, 4.69) is 4.99 Å². The molecule has 1 rings (SSSR count). The molecule has 0 saturated heterocycles. The lowest BCUT2D eigenvalue weighted by atomic mass is 10.3. The van der Waals surface area contributed by atoms with Crippen LogP contribution in [0.5, 0.6) is 5.75 Å². The highest BCUT2D eigenvalue weighted by molar-refractivity contribution is 6.30. The van der Waals surface area contributed by atoms with Crippen molar-refractivity contribution in [2.24, 2.45) is 4.99 Å². The van der Waals surface area contributed by atoms with Crippen molar-refractivity contribution in [2.75, 3.05) is 20.8 Å². The number of rotatable bonds is 5. The molecule has 92 valence electrons. The van der Waals surface area contributed by atoms with E-state index < -0.39 is 0 Å². The summed E-state index contributed by atoms with van der Waals surface area (Å²) in [7, 11) is 3.36. The molecule has 0 atom stereocenters. The zero-order valence-corrected chi connectivity index (χ0v) is 11.0. The fraction of sp³-hybridized carbons (Fsp3) is 0.308. The van der Waals surface area contributed by atoms with Crippen LogP contribution in [0.2, 0.25) is 5.02 Å². The minimum atomic E-state index is 0.398. The lowest BCUT2D eigenvalue weighted by molar-refractivity contribution is 0.189. The van der Waals surface area contributed by atoms with Crippen LogP contribution >= 0.6 is 11.6 Å². The third-order valence-electron chi connectivity index (χ3n) is 2.07. The third-order valence-corrected chi connectivity index (χ3v) is 2.32. The summed E-state index contributed by atoms with van der Waals surface area (Å²) in [5.74, 6) is 1.43. The fourth-order valence-electron chi connectivity index (χ4n) is 1.19. The summed E-state index contributed by atoms with van der Waals surface area (Å²) in [6, 6.07) is 7.18. The zero-order chi connectivity index (χ0) is 12.7. The van der Waals surface area contributed by atoms with Crippen LogP contribution in [-0.2, 0) is 4.74 Å². The first-order valence-corrected chi connectivity index (χ1v) is 5.60. The number of allylic oxidation sites excluding steroid dienone is 1. The van der Waals surface area contributed by atoms with Gasteiger partial charge in [0.25, 0.3) is 0 Å². The van der Waals surface area contributed by atoms with Crippen molar-refractivity contribution >= 4 is 17.3 Å². The average molecular weight is 254 g/mol. The van der Waals surface area contributed by atoms with Crippen LogP contribution < -0.4 is 4.74 Å². The Kier molecular flexibility index (Phi) is 5.73. The Balaban J connectivity index is 2.80. The van der Waals surface area contributed by atoms with Crippen molar-refractivity contribution < 1.29 is 9.47 Å². The molecular weight excluding hydrogens is 238 g/mol. The van der Waals surface area contributed by atoms with E-state index in [-0.39, 0.29) is 0 Å². The molecule has 0 radical (unpaired) electrons. The predicted octanol–water partition coefficient (Wildman–Crippen LogP) is 3.34. The molecule has 0 aliphatic carbocycles. The molecule has 0 aromatic heterocycles. The van der Waals surface area contributed by atoms with Gasteiger partial charge in [-0.3, -0.25) is 4.99 Å². The molecule has 0 fully saturated rings. The van der Waals surface area contributed by atoms with E-state index in [1.165, 1.54) is 0 Å². The molecule has 0 spiro atoms. The summed E-state index contributed by atoms with van der Waals surface area (Å²) in [5, 5.41) is 0.681. The number of hydrogen-bond acceptors (Lipinski definition) is 3. The van der Waals surface area contributed by atoms with Crippen LogP contribution in [0.15, 0.2) is 41.1 Å². The smallest absolute Gasteiger partial charge is 0.132 e. The van der Waals surface area contributed by atoms with E-state index in [1.54, 1.807) is 26.3 Å². The average Bonchev–Trinajstić information content (AvgIpc) is 2.32. The van der Waals surface area contributed by atoms with Crippen molar-refractivity contribution in [3.05, 3.63) is 41.1 Å². The summed E-state index contributed by atoms with van der Waals surface area (Å²) in [6.07, 6.45) is 1.85. The van der Waals surface area contributed by atoms with Gasteiger partial charge in [0.05, 0.1) is 0 Å². The second-order valence-corrected chi connectivity index (χ2v) is 3.90. The monoisotopic (exact) mass is 253 g/mol. The summed E-state index contributed by atoms with van der Waals surface area (Å²) >= 11 is 5.80. The highest BCUT2D eigenvalue weighted by Crippen LogP contribution is 2.18. The second-order valence-electron chi connectivity index (χ2n) is 3.46. The van der Waals surface area contributed by atoms with Gasteiger partial charge < -0.3 is 9.47 Å². The first kappa shape index (κ1) is 13.7. The maximum absolute atomic E-state index is 5.80. The van der Waals surface area contributed by atoms with Crippen LogP contribution in [0.25, 0.3) is 0 Å². The van der Waals surface area contributed by atoms with Crippen LogP contribution in [0.4, 0.5) is 0 Å². The Hall–Kier alpha value is -1.32. The third kappa shape index (κ3) is 5.02. The Morgan fingerprint density at radius 3 is 2.53 bits per heavy atom. The van der Waals surface area contributed by atoms with Gasteiger partial charge in [0.2, 0.25) is 0 Å². The van der Waals surface area contributed by atoms with E-state index in [1.807, 2.05) is 25.1 Å². The molecule has 0 aliphatic rings. The molecule has 0 aliphatic heterocycles. The van der Waals surface area contributed by atoms with Crippen molar-refractivity contribution in [1.29, 1.82) is 0 Å². The Bertz CT molecular complexity index is 410. The predicted molar refractivity (Wildman–Crippen MR) is 71.1 cm³/mol. The van der Waals surface area contributed by atoms with E-state index in [0.717, 1.165) is 11.5 Å². The van der Waals surface area contributed by atoms with E-state index in [4.69, 9.17) is 21.1 Å². The number of benzene rings is 1. The molecule has 17 heavy (non-hydrogen) atoms. The number of ether oxygens (including phenoxy) is 2. The van der Waals surface area contributed by atoms with Crippen molar-refractivity contribution in [1.82, 2.24) is 0 Å². The highest BCUT2D eigenvalue weighted by atomic mass is 35.5. The van der Waals surface area contributed by atoms with Gasteiger partial charge in [-0.25, -0.2) is 0 Å². The minimum Gasteiger partial charge on any atom is -0.459 e. The van der Waals surface area contributed by atoms with Gasteiger partial charge in [-0.05, 0) is 37.3 Å². The van der Waals surface area contributed by atoms with Gasteiger partial charge in [-0.15, -0.1) is 0 Å². The van der Waals surface area contributed by atoms with Crippen LogP contribution in [-0.4, -0.2) is 26.5 Å². The molecule has 0 amide bonds. The van der Waals surface area contributed by atoms with Gasteiger partial charge in [0.1, 0.15) is 18.1 Å². The molecule has 0 bridgehead atoms. The Morgan fingerprint density at radius 1 is 1.35 bits per heavy atom. The normalized spacial score (nSPS) is 12.7. The summed E-state index contributed by atoms with van der Waals surface area (Å²) in [6.45, 7) is 2.30. The Labute approximate surface area is 107 Å². The molecule has 3 nitrogen and oxygen atoms in total. The SMILES string of the molecule is C/N=C(C)\C=C(\COC)Oc1ccc(Cl)cc1. The number of aliphatic imine (C=N–C) groups is 1. The van der Waals surface area contributed by atoms with Crippen LogP contribution in [0.1, 0.15) is 6.92 Å². The first-order chi connectivity index (χ1) is 8.15. The van der Waals surface area contributed by atoms with E-state index >= 15 is 0 Å². The van der Waals surface area contributed by atoms with Crippen molar-refractivity contribution in [3.8, 4) is 5.75 Å². The highest BCUT2D eigenvalue weighted by Gasteiger charge is 2.01. The second kappa shape index (κ2) is 7.09. The van der Waals surface area contributed by atoms with Crippen LogP contribution in [0.3, 0.4) is 0 Å². The molecule has 4 heteroatoms. The van der Waals surface area contributed by atoms with Crippen molar-refractivity contribution in [2.45, 2.75) is 6.92 Å². The lowest BCUT2D eigenvalue weighted by Crippen LogP contribution is -2.05. The summed E-state index contributed by atoms with van der Waals surface area (Å²) in [5.41, 5.74) is 0.881. The van der Waals surface area contributed by atoms with E-state index in [0.29, 0.717) is 17.4 Å². The molecular formula is C13H16ClNO2. The summed E-state index contributed by atoms with van der Waals surface area (Å²) < 4.78 is 10.7. The quantitative estimate of drug-likeness (QED) is 0.595. The Morgan fingerprint density at radius 2 is 2.00 bits per heavy atom. The van der Waals surface area contributed by atoms with Gasteiger partial charge in [0.15, 0.2) is 0 Å². The number of hydrogen-bond donors (Lipinski definition) is 0. The molecule has 1 aromatic rings. The fourth-order valence-corrected chi connectivity index (χ4v) is 1.32. The largest absolute Gasteiger partial charge is 0.459 e. The van der Waals surface area contributed by atoms with Gasteiger partial charge in [-0.2, -0.15) is 0 Å².